The molecule has 0 radical (unpaired) electrons. The molecule has 0 aromatic heterocycles. The van der Waals surface area contributed by atoms with Crippen molar-refractivity contribution >= 4 is 0 Å². The molecule has 2 N–H and O–H groups in total. The van der Waals surface area contributed by atoms with Gasteiger partial charge in [-0.25, -0.2) is 0 Å². The van der Waals surface area contributed by atoms with E-state index in [-0.39, 0.29) is 18.4 Å². The first-order valence-electron chi connectivity index (χ1n) is 4.79. The molecule has 0 saturated carbocycles. The van der Waals surface area contributed by atoms with Crippen LogP contribution in [-0.4, -0.2) is 23.9 Å². The fraction of sp³-hybridized carbons (Fsp3) is 0.455. The summed E-state index contributed by atoms with van der Waals surface area (Å²) in [6.45, 7) is 2.59. The fourth-order valence-electron chi connectivity index (χ4n) is 1.57. The Morgan fingerprint density at radius 2 is 2.21 bits per heavy atom. The predicted molar refractivity (Wildman–Crippen MR) is 53.8 cm³/mol. The van der Waals surface area contributed by atoms with Crippen LogP contribution in [0.4, 0.5) is 0 Å². The molecule has 1 aromatic carbocycles. The lowest BCUT2D eigenvalue weighted by atomic mass is 10.1. The summed E-state index contributed by atoms with van der Waals surface area (Å²) in [6, 6.07) is 9.97. The van der Waals surface area contributed by atoms with E-state index in [1.165, 1.54) is 0 Å². The number of hydrogen-bond donors (Lipinski definition) is 2. The average molecular weight is 193 g/mol. The van der Waals surface area contributed by atoms with E-state index in [9.17, 15) is 0 Å². The molecule has 3 heteroatoms. The number of rotatable bonds is 2. The normalized spacial score (nSPS) is 32.0. The summed E-state index contributed by atoms with van der Waals surface area (Å²) in [6.07, 6.45) is -0.0895. The van der Waals surface area contributed by atoms with Crippen LogP contribution >= 0.6 is 0 Å². The van der Waals surface area contributed by atoms with Crippen LogP contribution in [0.25, 0.3) is 0 Å². The lowest BCUT2D eigenvalue weighted by molar-refractivity contribution is 0.0942. The summed E-state index contributed by atoms with van der Waals surface area (Å²) in [5, 5.41) is 12.4. The number of hydrogen-bond acceptors (Lipinski definition) is 3. The minimum atomic E-state index is -0.305. The number of ether oxygens (including phenoxy) is 1. The maximum absolute atomic E-state index is 9.15. The lowest BCUT2D eigenvalue weighted by Crippen LogP contribution is -2.43. The minimum Gasteiger partial charge on any atom is -0.394 e. The highest BCUT2D eigenvalue weighted by atomic mass is 16.5. The van der Waals surface area contributed by atoms with Gasteiger partial charge in [0.25, 0.3) is 0 Å². The van der Waals surface area contributed by atoms with E-state index >= 15 is 0 Å². The third-order valence-electron chi connectivity index (χ3n) is 2.50. The summed E-state index contributed by atoms with van der Waals surface area (Å²) in [5.41, 5.74) is 0.796. The van der Waals surface area contributed by atoms with Gasteiger partial charge in [-0.05, 0) is 12.5 Å². The minimum absolute atomic E-state index is 0.0895. The van der Waals surface area contributed by atoms with Crippen molar-refractivity contribution in [2.45, 2.75) is 18.7 Å². The highest BCUT2D eigenvalue weighted by molar-refractivity contribution is 5.18. The van der Waals surface area contributed by atoms with Crippen LogP contribution in [0.3, 0.4) is 0 Å². The van der Waals surface area contributed by atoms with Gasteiger partial charge in [0, 0.05) is 0 Å². The molecule has 14 heavy (non-hydrogen) atoms. The molecule has 1 aliphatic rings. The molecule has 0 spiro atoms. The van der Waals surface area contributed by atoms with Crippen LogP contribution in [0, 0.1) is 0 Å². The van der Waals surface area contributed by atoms with Crippen LogP contribution in [-0.2, 0) is 4.74 Å². The van der Waals surface area contributed by atoms with Crippen LogP contribution in [0.2, 0.25) is 0 Å². The monoisotopic (exact) mass is 193 g/mol. The number of benzene rings is 1. The van der Waals surface area contributed by atoms with E-state index in [0.29, 0.717) is 6.61 Å². The van der Waals surface area contributed by atoms with Gasteiger partial charge in [-0.2, -0.15) is 0 Å². The number of aliphatic hydroxyl groups is 1. The lowest BCUT2D eigenvalue weighted by Gasteiger charge is -2.20. The van der Waals surface area contributed by atoms with Crippen molar-refractivity contribution in [3.8, 4) is 0 Å². The van der Waals surface area contributed by atoms with E-state index in [1.807, 2.05) is 37.3 Å². The van der Waals surface area contributed by atoms with Crippen LogP contribution in [0.15, 0.2) is 30.3 Å². The van der Waals surface area contributed by atoms with E-state index in [1.54, 1.807) is 0 Å². The zero-order valence-corrected chi connectivity index (χ0v) is 8.23. The molecule has 2 rings (SSSR count). The maximum Gasteiger partial charge on any atom is 0.134 e. The molecule has 2 unspecified atom stereocenters. The molecule has 1 heterocycles. The van der Waals surface area contributed by atoms with Crippen LogP contribution in [0.1, 0.15) is 18.7 Å². The van der Waals surface area contributed by atoms with Gasteiger partial charge in [-0.15, -0.1) is 0 Å². The molecule has 0 bridgehead atoms. The molecular formula is C11H15NO2. The Bertz CT molecular complexity index is 301. The molecule has 2 atom stereocenters. The highest BCUT2D eigenvalue weighted by Gasteiger charge is 2.35. The molecule has 3 nitrogen and oxygen atoms in total. The molecule has 0 aliphatic carbocycles. The third kappa shape index (κ3) is 1.80. The van der Waals surface area contributed by atoms with E-state index in [2.05, 4.69) is 5.32 Å². The van der Waals surface area contributed by atoms with Gasteiger partial charge >= 0.3 is 0 Å². The van der Waals surface area contributed by atoms with E-state index in [0.717, 1.165) is 5.56 Å². The molecule has 1 aliphatic heterocycles. The Kier molecular flexibility index (Phi) is 2.54. The molecule has 0 amide bonds. The van der Waals surface area contributed by atoms with Gasteiger partial charge in [0.2, 0.25) is 0 Å². The Labute approximate surface area is 83.7 Å². The van der Waals surface area contributed by atoms with Crippen molar-refractivity contribution in [1.82, 2.24) is 5.32 Å². The van der Waals surface area contributed by atoms with E-state index < -0.39 is 0 Å². The molecular weight excluding hydrogens is 178 g/mol. The summed E-state index contributed by atoms with van der Waals surface area (Å²) in [4.78, 5) is 0. The number of nitrogens with one attached hydrogen (secondary N) is 1. The predicted octanol–water partition coefficient (Wildman–Crippen LogP) is 1.06. The molecule has 1 saturated heterocycles. The van der Waals surface area contributed by atoms with Crippen LogP contribution in [0.5, 0.6) is 0 Å². The quantitative estimate of drug-likeness (QED) is 0.738. The van der Waals surface area contributed by atoms with Gasteiger partial charge in [0.1, 0.15) is 6.23 Å². The Morgan fingerprint density at radius 1 is 1.50 bits per heavy atom. The van der Waals surface area contributed by atoms with Gasteiger partial charge in [0.05, 0.1) is 18.8 Å². The fourth-order valence-corrected chi connectivity index (χ4v) is 1.57. The first-order chi connectivity index (χ1) is 6.73. The number of aliphatic hydroxyl groups excluding tert-OH is 1. The van der Waals surface area contributed by atoms with Crippen molar-refractivity contribution in [3.63, 3.8) is 0 Å². The Hall–Kier alpha value is -0.900. The first kappa shape index (κ1) is 9.65. The topological polar surface area (TPSA) is 41.5 Å². The second-order valence-corrected chi connectivity index (χ2v) is 3.96. The molecule has 76 valence electrons. The van der Waals surface area contributed by atoms with Gasteiger partial charge < -0.3 is 9.84 Å². The maximum atomic E-state index is 9.15. The average Bonchev–Trinajstić information content (AvgIpc) is 2.63. The zero-order chi connectivity index (χ0) is 10.0. The van der Waals surface area contributed by atoms with E-state index in [4.69, 9.17) is 9.84 Å². The summed E-state index contributed by atoms with van der Waals surface area (Å²) < 4.78 is 5.57. The first-order valence-corrected chi connectivity index (χ1v) is 4.79. The Morgan fingerprint density at radius 3 is 2.79 bits per heavy atom. The van der Waals surface area contributed by atoms with Crippen molar-refractivity contribution < 1.29 is 9.84 Å². The largest absolute Gasteiger partial charge is 0.394 e. The van der Waals surface area contributed by atoms with Crippen molar-refractivity contribution in [3.05, 3.63) is 35.9 Å². The summed E-state index contributed by atoms with van der Waals surface area (Å²) in [7, 11) is 0. The van der Waals surface area contributed by atoms with Crippen molar-refractivity contribution in [1.29, 1.82) is 0 Å². The van der Waals surface area contributed by atoms with Crippen molar-refractivity contribution in [2.24, 2.45) is 0 Å². The van der Waals surface area contributed by atoms with Crippen molar-refractivity contribution in [2.75, 3.05) is 13.2 Å². The SMILES string of the molecule is CC1(CO)COC(c2ccccc2)N1. The Balaban J connectivity index is 2.10. The molecule has 1 fully saturated rings. The summed E-state index contributed by atoms with van der Waals surface area (Å²) in [5.74, 6) is 0. The van der Waals surface area contributed by atoms with Gasteiger partial charge in [0.15, 0.2) is 0 Å². The standard InChI is InChI=1S/C11H15NO2/c1-11(7-13)8-14-10(12-11)9-5-3-2-4-6-9/h2-6,10,12-13H,7-8H2,1H3. The van der Waals surface area contributed by atoms with Gasteiger partial charge in [-0.3, -0.25) is 5.32 Å². The van der Waals surface area contributed by atoms with Crippen LogP contribution < -0.4 is 5.32 Å². The second-order valence-electron chi connectivity index (χ2n) is 3.96. The smallest absolute Gasteiger partial charge is 0.134 e. The highest BCUT2D eigenvalue weighted by Crippen LogP contribution is 2.25. The molecule has 1 aromatic rings. The third-order valence-corrected chi connectivity index (χ3v) is 2.50. The van der Waals surface area contributed by atoms with Gasteiger partial charge in [-0.1, -0.05) is 30.3 Å². The second kappa shape index (κ2) is 3.69. The zero-order valence-electron chi connectivity index (χ0n) is 8.23. The summed E-state index contributed by atoms with van der Waals surface area (Å²) >= 11 is 0.